The molecule has 0 amide bonds. The summed E-state index contributed by atoms with van der Waals surface area (Å²) in [6.07, 6.45) is 0. The minimum Gasteiger partial charge on any atom is -0.309 e. The maximum atomic E-state index is 5.50. The molecule has 8 aromatic carbocycles. The molecule has 0 saturated heterocycles. The molecule has 3 heterocycles. The van der Waals surface area contributed by atoms with Crippen molar-refractivity contribution in [3.8, 4) is 22.8 Å². The smallest absolute Gasteiger partial charge is 0.165 e. The zero-order valence-electron chi connectivity index (χ0n) is 27.0. The lowest BCUT2D eigenvalue weighted by Crippen LogP contribution is -2.04. The molecule has 0 saturated carbocycles. The molecule has 0 aliphatic carbocycles. The third kappa shape index (κ3) is 3.81. The normalized spacial score (nSPS) is 12.0. The highest BCUT2D eigenvalue weighted by atomic mass is 15.1. The fourth-order valence-electron chi connectivity index (χ4n) is 8.07. The van der Waals surface area contributed by atoms with E-state index in [9.17, 15) is 0 Å². The quantitative estimate of drug-likeness (QED) is 0.193. The predicted octanol–water partition coefficient (Wildman–Crippen LogP) is 11.8. The summed E-state index contributed by atoms with van der Waals surface area (Å²) >= 11 is 0. The minimum atomic E-state index is 0.818. The van der Waals surface area contributed by atoms with Crippen molar-refractivity contribution in [1.29, 1.82) is 0 Å². The first-order chi connectivity index (χ1) is 24.8. The molecule has 0 aliphatic heterocycles. The largest absolute Gasteiger partial charge is 0.309 e. The molecule has 3 aromatic heterocycles. The summed E-state index contributed by atoms with van der Waals surface area (Å²) in [4.78, 5) is 10.9. The number of hydrogen-bond acceptors (Lipinski definition) is 2. The Morgan fingerprint density at radius 3 is 1.82 bits per heavy atom. The van der Waals surface area contributed by atoms with Crippen LogP contribution in [0.2, 0.25) is 0 Å². The number of aromatic nitrogens is 4. The van der Waals surface area contributed by atoms with Crippen molar-refractivity contribution in [3.05, 3.63) is 170 Å². The van der Waals surface area contributed by atoms with Crippen LogP contribution in [0.4, 0.5) is 0 Å². The van der Waals surface area contributed by atoms with Gasteiger partial charge in [0.2, 0.25) is 0 Å². The van der Waals surface area contributed by atoms with E-state index in [1.807, 2.05) is 12.1 Å². The van der Waals surface area contributed by atoms with Crippen LogP contribution in [0.15, 0.2) is 170 Å². The lowest BCUT2D eigenvalue weighted by molar-refractivity contribution is 1.08. The van der Waals surface area contributed by atoms with E-state index in [1.165, 1.54) is 43.2 Å². The van der Waals surface area contributed by atoms with Crippen LogP contribution in [0.25, 0.3) is 99.0 Å². The van der Waals surface area contributed by atoms with Crippen molar-refractivity contribution >= 4 is 76.2 Å². The first kappa shape index (κ1) is 27.2. The van der Waals surface area contributed by atoms with E-state index in [2.05, 4.69) is 167 Å². The van der Waals surface area contributed by atoms with E-state index in [0.29, 0.717) is 0 Å². The Balaban J connectivity index is 1.37. The minimum absolute atomic E-state index is 0.818. The molecule has 4 nitrogen and oxygen atoms in total. The summed E-state index contributed by atoms with van der Waals surface area (Å²) in [5.74, 6) is 0.818. The average Bonchev–Trinajstić information content (AvgIpc) is 3.69. The fraction of sp³-hybridized carbons (Fsp3) is 0. The molecule has 0 spiro atoms. The second-order valence-corrected chi connectivity index (χ2v) is 13.0. The van der Waals surface area contributed by atoms with Gasteiger partial charge in [0.25, 0.3) is 0 Å². The van der Waals surface area contributed by atoms with Gasteiger partial charge >= 0.3 is 0 Å². The molecule has 0 N–H and O–H groups in total. The number of nitrogens with zero attached hydrogens (tertiary/aromatic N) is 4. The number of hydrogen-bond donors (Lipinski definition) is 0. The van der Waals surface area contributed by atoms with Crippen molar-refractivity contribution in [3.63, 3.8) is 0 Å². The Bertz CT molecular complexity index is 3140. The molecule has 0 unspecified atom stereocenters. The van der Waals surface area contributed by atoms with Crippen LogP contribution in [0, 0.1) is 0 Å². The monoisotopic (exact) mass is 636 g/mol. The molecule has 0 fully saturated rings. The van der Waals surface area contributed by atoms with Gasteiger partial charge in [0, 0.05) is 38.2 Å². The van der Waals surface area contributed by atoms with Crippen LogP contribution in [-0.2, 0) is 0 Å². The summed E-state index contributed by atoms with van der Waals surface area (Å²) in [5.41, 5.74) is 9.35. The fourth-order valence-corrected chi connectivity index (χ4v) is 8.07. The van der Waals surface area contributed by atoms with Crippen molar-refractivity contribution in [2.75, 3.05) is 0 Å². The van der Waals surface area contributed by atoms with Gasteiger partial charge in [-0.3, -0.25) is 4.57 Å². The van der Waals surface area contributed by atoms with Gasteiger partial charge in [0.15, 0.2) is 5.82 Å². The predicted molar refractivity (Wildman–Crippen MR) is 209 cm³/mol. The van der Waals surface area contributed by atoms with Crippen LogP contribution >= 0.6 is 0 Å². The topological polar surface area (TPSA) is 35.6 Å². The maximum Gasteiger partial charge on any atom is 0.165 e. The molecule has 0 aliphatic rings. The summed E-state index contributed by atoms with van der Waals surface area (Å²) in [6.45, 7) is 0. The Kier molecular flexibility index (Phi) is 5.63. The number of benzene rings is 8. The average molecular weight is 637 g/mol. The molecule has 0 atom stereocenters. The van der Waals surface area contributed by atoms with Crippen LogP contribution < -0.4 is 0 Å². The van der Waals surface area contributed by atoms with Crippen molar-refractivity contribution < 1.29 is 0 Å². The van der Waals surface area contributed by atoms with Gasteiger partial charge in [-0.15, -0.1) is 0 Å². The van der Waals surface area contributed by atoms with Gasteiger partial charge in [-0.1, -0.05) is 127 Å². The van der Waals surface area contributed by atoms with E-state index < -0.39 is 0 Å². The van der Waals surface area contributed by atoms with Gasteiger partial charge in [0.1, 0.15) is 5.69 Å². The van der Waals surface area contributed by atoms with Gasteiger partial charge in [0.05, 0.1) is 33.1 Å². The molecule has 232 valence electrons. The van der Waals surface area contributed by atoms with Crippen molar-refractivity contribution in [2.24, 2.45) is 0 Å². The SMILES string of the molecule is c1ccc(-n2c3ccccc3c3cc4c5ccc6ccccc6c5n(-c5nc6ccccc6nc5-c5cccc6ccccc56)c4cc32)cc1. The molecule has 4 heteroatoms. The highest BCUT2D eigenvalue weighted by molar-refractivity contribution is 6.23. The zero-order chi connectivity index (χ0) is 32.8. The number of para-hydroxylation sites is 4. The Labute approximate surface area is 287 Å². The molecule has 11 aromatic rings. The summed E-state index contributed by atoms with van der Waals surface area (Å²) < 4.78 is 4.78. The highest BCUT2D eigenvalue weighted by Gasteiger charge is 2.24. The first-order valence-corrected chi connectivity index (χ1v) is 17.0. The third-order valence-electron chi connectivity index (χ3n) is 10.3. The van der Waals surface area contributed by atoms with E-state index in [-0.39, 0.29) is 0 Å². The molecular weight excluding hydrogens is 609 g/mol. The lowest BCUT2D eigenvalue weighted by atomic mass is 10.0. The van der Waals surface area contributed by atoms with E-state index in [4.69, 9.17) is 9.97 Å². The van der Waals surface area contributed by atoms with Crippen molar-refractivity contribution in [1.82, 2.24) is 19.1 Å². The summed E-state index contributed by atoms with van der Waals surface area (Å²) in [5, 5.41) is 9.53. The highest BCUT2D eigenvalue weighted by Crippen LogP contribution is 2.43. The Morgan fingerprint density at radius 1 is 0.360 bits per heavy atom. The molecule has 0 bridgehead atoms. The maximum absolute atomic E-state index is 5.50. The van der Waals surface area contributed by atoms with Gasteiger partial charge in [-0.25, -0.2) is 9.97 Å². The Hall–Kier alpha value is -6.78. The van der Waals surface area contributed by atoms with Crippen molar-refractivity contribution in [2.45, 2.75) is 0 Å². The van der Waals surface area contributed by atoms with Crippen LogP contribution in [0.3, 0.4) is 0 Å². The molecule has 0 radical (unpaired) electrons. The standard InChI is InChI=1S/C46H28N4/c1-2-16-31(17-3-1)49-41-24-11-8-20-34(41)37-27-38-36-26-25-30-14-5-7-19-33(30)45(36)50(43(38)28-42(37)49)46-44(47-39-22-9-10-23-40(39)48-46)35-21-12-15-29-13-4-6-18-32(29)35/h1-28H. The Morgan fingerprint density at radius 2 is 0.980 bits per heavy atom. The third-order valence-corrected chi connectivity index (χ3v) is 10.3. The summed E-state index contributed by atoms with van der Waals surface area (Å²) in [6, 6.07) is 60.6. The van der Waals surface area contributed by atoms with Gasteiger partial charge in [-0.2, -0.15) is 0 Å². The van der Waals surface area contributed by atoms with E-state index in [1.54, 1.807) is 0 Å². The van der Waals surface area contributed by atoms with Crippen LogP contribution in [-0.4, -0.2) is 19.1 Å². The van der Waals surface area contributed by atoms with Gasteiger partial charge < -0.3 is 4.57 Å². The number of rotatable bonds is 3. The lowest BCUT2D eigenvalue weighted by Gasteiger charge is -2.16. The second-order valence-electron chi connectivity index (χ2n) is 13.0. The second kappa shape index (κ2) is 10.4. The molecular formula is C46H28N4. The summed E-state index contributed by atoms with van der Waals surface area (Å²) in [7, 11) is 0. The van der Waals surface area contributed by atoms with E-state index in [0.717, 1.165) is 55.7 Å². The molecule has 11 rings (SSSR count). The van der Waals surface area contributed by atoms with Crippen LogP contribution in [0.5, 0.6) is 0 Å². The number of fused-ring (bicyclic) bond motifs is 10. The zero-order valence-corrected chi connectivity index (χ0v) is 27.0. The van der Waals surface area contributed by atoms with E-state index >= 15 is 0 Å². The van der Waals surface area contributed by atoms with Crippen LogP contribution in [0.1, 0.15) is 0 Å². The van der Waals surface area contributed by atoms with Gasteiger partial charge in [-0.05, 0) is 58.6 Å². The first-order valence-electron chi connectivity index (χ1n) is 17.0. The molecule has 50 heavy (non-hydrogen) atoms.